The smallest absolute Gasteiger partial charge is 0.255 e. The van der Waals surface area contributed by atoms with Crippen LogP contribution in [0.5, 0.6) is 0 Å². The van der Waals surface area contributed by atoms with E-state index in [9.17, 15) is 4.79 Å². The molecular weight excluding hydrogens is 392 g/mol. The monoisotopic (exact) mass is 418 g/mol. The summed E-state index contributed by atoms with van der Waals surface area (Å²) in [5.41, 5.74) is 3.49. The molecule has 2 aliphatic heterocycles. The van der Waals surface area contributed by atoms with Crippen LogP contribution in [0.25, 0.3) is 11.4 Å². The van der Waals surface area contributed by atoms with Gasteiger partial charge in [-0.25, -0.2) is 15.0 Å². The molecule has 2 aliphatic rings. The van der Waals surface area contributed by atoms with Crippen molar-refractivity contribution in [3.8, 4) is 11.4 Å². The lowest BCUT2D eigenvalue weighted by Crippen LogP contribution is -2.41. The Morgan fingerprint density at radius 2 is 1.90 bits per heavy atom. The minimum absolute atomic E-state index is 0.0732. The van der Waals surface area contributed by atoms with Gasteiger partial charge in [0.2, 0.25) is 5.95 Å². The van der Waals surface area contributed by atoms with Crippen molar-refractivity contribution in [3.05, 3.63) is 64.8 Å². The van der Waals surface area contributed by atoms with Gasteiger partial charge in [0.1, 0.15) is 12.4 Å². The van der Waals surface area contributed by atoms with E-state index >= 15 is 0 Å². The average Bonchev–Trinajstić information content (AvgIpc) is 3.37. The van der Waals surface area contributed by atoms with Crippen LogP contribution in [-0.2, 0) is 11.8 Å². The first-order valence-corrected chi connectivity index (χ1v) is 10.7. The lowest BCUT2D eigenvalue weighted by atomic mass is 10.1. The van der Waals surface area contributed by atoms with Gasteiger partial charge in [-0.1, -0.05) is 12.1 Å². The summed E-state index contributed by atoms with van der Waals surface area (Å²) in [6.45, 7) is 4.12. The van der Waals surface area contributed by atoms with Gasteiger partial charge in [-0.05, 0) is 36.6 Å². The highest BCUT2D eigenvalue weighted by Gasteiger charge is 2.26. The minimum atomic E-state index is -0.113. The van der Waals surface area contributed by atoms with Gasteiger partial charge < -0.3 is 14.5 Å². The van der Waals surface area contributed by atoms with Crippen molar-refractivity contribution < 1.29 is 4.74 Å². The molecule has 0 saturated carbocycles. The largest absolute Gasteiger partial charge is 0.372 e. The zero-order chi connectivity index (χ0) is 21.2. The van der Waals surface area contributed by atoms with Crippen LogP contribution in [0.15, 0.2) is 53.7 Å². The Morgan fingerprint density at radius 1 is 1.03 bits per heavy atom. The summed E-state index contributed by atoms with van der Waals surface area (Å²) in [6, 6.07) is 11.9. The van der Waals surface area contributed by atoms with E-state index in [1.807, 2.05) is 0 Å². The first-order chi connectivity index (χ1) is 15.2. The zero-order valence-corrected chi connectivity index (χ0v) is 17.6. The fourth-order valence-corrected chi connectivity index (χ4v) is 4.31. The molecule has 31 heavy (non-hydrogen) atoms. The van der Waals surface area contributed by atoms with Crippen molar-refractivity contribution in [1.29, 1.82) is 0 Å². The third kappa shape index (κ3) is 4.03. The van der Waals surface area contributed by atoms with Gasteiger partial charge in [0.25, 0.3) is 5.56 Å². The van der Waals surface area contributed by atoms with Gasteiger partial charge in [-0.2, -0.15) is 0 Å². The Bertz CT molecular complexity index is 1110. The van der Waals surface area contributed by atoms with E-state index in [1.54, 1.807) is 23.9 Å². The normalized spacial score (nSPS) is 19.1. The molecule has 2 aromatic heterocycles. The Balaban J connectivity index is 1.43. The van der Waals surface area contributed by atoms with Crippen molar-refractivity contribution in [2.75, 3.05) is 42.6 Å². The van der Waals surface area contributed by atoms with E-state index in [4.69, 9.17) is 9.72 Å². The summed E-state index contributed by atoms with van der Waals surface area (Å²) in [4.78, 5) is 30.2. The maximum absolute atomic E-state index is 12.6. The minimum Gasteiger partial charge on any atom is -0.372 e. The Labute approximate surface area is 181 Å². The van der Waals surface area contributed by atoms with Crippen molar-refractivity contribution in [1.82, 2.24) is 19.5 Å². The second kappa shape index (κ2) is 8.47. The highest BCUT2D eigenvalue weighted by molar-refractivity contribution is 5.55. The fraction of sp³-hybridized carbons (Fsp3) is 0.391. The lowest BCUT2D eigenvalue weighted by Gasteiger charge is -2.35. The summed E-state index contributed by atoms with van der Waals surface area (Å²) >= 11 is 0. The third-order valence-electron chi connectivity index (χ3n) is 6.02. The molecule has 160 valence electrons. The molecule has 0 aliphatic carbocycles. The Hall–Kier alpha value is -3.26. The molecule has 1 unspecified atom stereocenters. The average molecular weight is 419 g/mol. The number of rotatable bonds is 4. The van der Waals surface area contributed by atoms with Crippen LogP contribution in [0, 0.1) is 0 Å². The van der Waals surface area contributed by atoms with E-state index in [0.29, 0.717) is 37.0 Å². The van der Waals surface area contributed by atoms with Crippen molar-refractivity contribution in [2.24, 2.45) is 7.05 Å². The molecule has 5 rings (SSSR count). The Morgan fingerprint density at radius 3 is 2.71 bits per heavy atom. The van der Waals surface area contributed by atoms with Crippen LogP contribution in [0.1, 0.15) is 24.5 Å². The molecule has 3 aromatic rings. The molecule has 4 heterocycles. The molecule has 2 fully saturated rings. The maximum atomic E-state index is 12.6. The number of hydrogen-bond donors (Lipinski definition) is 0. The molecule has 2 saturated heterocycles. The quantitative estimate of drug-likeness (QED) is 0.644. The van der Waals surface area contributed by atoms with Crippen LogP contribution in [0.4, 0.5) is 11.6 Å². The van der Waals surface area contributed by atoms with Gasteiger partial charge in [-0.3, -0.25) is 9.36 Å². The lowest BCUT2D eigenvalue weighted by molar-refractivity contribution is 0.0390. The van der Waals surface area contributed by atoms with Gasteiger partial charge in [0, 0.05) is 44.6 Å². The SMILES string of the molecule is Cn1c(N2CCOC(c3cccc(N4CCCC4)c3)C2)nc(-c2ccncn2)cc1=O. The number of hydrogen-bond acceptors (Lipinski definition) is 7. The van der Waals surface area contributed by atoms with E-state index in [-0.39, 0.29) is 11.7 Å². The topological polar surface area (TPSA) is 76.4 Å². The molecule has 0 N–H and O–H groups in total. The van der Waals surface area contributed by atoms with Crippen LogP contribution < -0.4 is 15.4 Å². The molecule has 0 radical (unpaired) electrons. The number of benzene rings is 1. The summed E-state index contributed by atoms with van der Waals surface area (Å²) in [5, 5.41) is 0. The first kappa shape index (κ1) is 19.7. The second-order valence-electron chi connectivity index (χ2n) is 8.03. The van der Waals surface area contributed by atoms with E-state index in [1.165, 1.54) is 30.9 Å². The maximum Gasteiger partial charge on any atom is 0.255 e. The van der Waals surface area contributed by atoms with Crippen molar-refractivity contribution in [3.63, 3.8) is 0 Å². The highest BCUT2D eigenvalue weighted by Crippen LogP contribution is 2.29. The predicted molar refractivity (Wildman–Crippen MR) is 119 cm³/mol. The number of morpholine rings is 1. The molecule has 0 amide bonds. The Kier molecular flexibility index (Phi) is 5.38. The molecule has 0 bridgehead atoms. The summed E-state index contributed by atoms with van der Waals surface area (Å²) in [7, 11) is 1.76. The molecule has 8 heteroatoms. The number of nitrogens with zero attached hydrogens (tertiary/aromatic N) is 6. The first-order valence-electron chi connectivity index (χ1n) is 10.7. The van der Waals surface area contributed by atoms with Gasteiger partial charge in [-0.15, -0.1) is 0 Å². The predicted octanol–water partition coefficient (Wildman–Crippen LogP) is 2.42. The van der Waals surface area contributed by atoms with Crippen LogP contribution in [0.2, 0.25) is 0 Å². The highest BCUT2D eigenvalue weighted by atomic mass is 16.5. The van der Waals surface area contributed by atoms with Crippen molar-refractivity contribution >= 4 is 11.6 Å². The number of anilines is 2. The fourth-order valence-electron chi connectivity index (χ4n) is 4.31. The van der Waals surface area contributed by atoms with Crippen molar-refractivity contribution in [2.45, 2.75) is 18.9 Å². The third-order valence-corrected chi connectivity index (χ3v) is 6.02. The molecule has 0 spiro atoms. The van der Waals surface area contributed by atoms with Crippen LogP contribution >= 0.6 is 0 Å². The van der Waals surface area contributed by atoms with E-state index in [2.05, 4.69) is 44.0 Å². The zero-order valence-electron chi connectivity index (χ0n) is 17.6. The molecule has 8 nitrogen and oxygen atoms in total. The summed E-state index contributed by atoms with van der Waals surface area (Å²) in [5.74, 6) is 0.630. The second-order valence-corrected chi connectivity index (χ2v) is 8.03. The van der Waals surface area contributed by atoms with Crippen LogP contribution in [0.3, 0.4) is 0 Å². The standard InChI is InChI=1S/C23H26N6O2/c1-27-22(30)14-20(19-7-8-24-16-25-19)26-23(27)29-11-12-31-21(15-29)17-5-4-6-18(13-17)28-9-2-3-10-28/h4-8,13-14,16,21H,2-3,9-12,15H2,1H3. The van der Waals surface area contributed by atoms with Gasteiger partial charge in [0.05, 0.1) is 24.5 Å². The van der Waals surface area contributed by atoms with E-state index in [0.717, 1.165) is 18.7 Å². The molecule has 1 atom stereocenters. The summed E-state index contributed by atoms with van der Waals surface area (Å²) in [6.07, 6.45) is 5.54. The molecular formula is C23H26N6O2. The molecule has 1 aromatic carbocycles. The number of ether oxygens (including phenoxy) is 1. The van der Waals surface area contributed by atoms with E-state index < -0.39 is 0 Å². The van der Waals surface area contributed by atoms with Gasteiger partial charge in [0.15, 0.2) is 0 Å². The number of aromatic nitrogens is 4. The summed E-state index contributed by atoms with van der Waals surface area (Å²) < 4.78 is 7.71. The van der Waals surface area contributed by atoms with Crippen LogP contribution in [-0.4, -0.2) is 52.3 Å². The van der Waals surface area contributed by atoms with Gasteiger partial charge >= 0.3 is 0 Å².